The fourth-order valence-electron chi connectivity index (χ4n) is 2.39. The summed E-state index contributed by atoms with van der Waals surface area (Å²) in [6.07, 6.45) is 1.15. The van der Waals surface area contributed by atoms with Crippen molar-refractivity contribution in [3.8, 4) is 0 Å². The van der Waals surface area contributed by atoms with Crippen molar-refractivity contribution in [2.45, 2.75) is 39.2 Å². The molecule has 0 saturated heterocycles. The minimum Gasteiger partial charge on any atom is -0.320 e. The molecule has 106 valence electrons. The monoisotopic (exact) mass is 287 g/mol. The van der Waals surface area contributed by atoms with Gasteiger partial charge in [-0.15, -0.1) is 0 Å². The van der Waals surface area contributed by atoms with Gasteiger partial charge >= 0.3 is 0 Å². The summed E-state index contributed by atoms with van der Waals surface area (Å²) < 4.78 is 0. The lowest BCUT2D eigenvalue weighted by atomic mass is 9.92. The molecule has 2 aromatic rings. The fraction of sp³-hybridized carbons (Fsp3) is 0.333. The minimum absolute atomic E-state index is 0.125. The molecule has 20 heavy (non-hydrogen) atoms. The highest BCUT2D eigenvalue weighted by molar-refractivity contribution is 6.30. The van der Waals surface area contributed by atoms with Crippen LogP contribution in [-0.2, 0) is 0 Å². The van der Waals surface area contributed by atoms with Crippen LogP contribution in [0.2, 0.25) is 5.02 Å². The molecule has 0 radical (unpaired) electrons. The largest absolute Gasteiger partial charge is 0.320 e. The van der Waals surface area contributed by atoms with Gasteiger partial charge in [0.2, 0.25) is 0 Å². The summed E-state index contributed by atoms with van der Waals surface area (Å²) in [7, 11) is 0. The average Bonchev–Trinajstić information content (AvgIpc) is 2.48. The molecule has 0 aliphatic rings. The Morgan fingerprint density at radius 2 is 1.65 bits per heavy atom. The predicted molar refractivity (Wildman–Crippen MR) is 87.4 cm³/mol. The topological polar surface area (TPSA) is 26.0 Å². The van der Waals surface area contributed by atoms with Crippen molar-refractivity contribution in [3.63, 3.8) is 0 Å². The smallest absolute Gasteiger partial charge is 0.0554 e. The summed E-state index contributed by atoms with van der Waals surface area (Å²) >= 11 is 6.08. The second kappa shape index (κ2) is 6.43. The van der Waals surface area contributed by atoms with Crippen molar-refractivity contribution >= 4 is 11.6 Å². The first-order chi connectivity index (χ1) is 9.52. The zero-order valence-electron chi connectivity index (χ0n) is 12.4. The SMILES string of the molecule is CCC(C)c1ccc(C(N)c2cc(Cl)ccc2C)cc1. The molecule has 0 bridgehead atoms. The Morgan fingerprint density at radius 3 is 2.25 bits per heavy atom. The molecule has 0 aliphatic carbocycles. The van der Waals surface area contributed by atoms with Crippen LogP contribution in [0.1, 0.15) is 54.5 Å². The van der Waals surface area contributed by atoms with Crippen LogP contribution in [-0.4, -0.2) is 0 Å². The van der Waals surface area contributed by atoms with Crippen LogP contribution in [0.4, 0.5) is 0 Å². The van der Waals surface area contributed by atoms with E-state index >= 15 is 0 Å². The van der Waals surface area contributed by atoms with Crippen LogP contribution in [0, 0.1) is 6.92 Å². The van der Waals surface area contributed by atoms with Gasteiger partial charge in [0.05, 0.1) is 6.04 Å². The highest BCUT2D eigenvalue weighted by atomic mass is 35.5. The molecule has 2 atom stereocenters. The van der Waals surface area contributed by atoms with E-state index in [4.69, 9.17) is 17.3 Å². The fourth-order valence-corrected chi connectivity index (χ4v) is 2.57. The first kappa shape index (κ1) is 15.1. The lowest BCUT2D eigenvalue weighted by Crippen LogP contribution is -2.13. The van der Waals surface area contributed by atoms with Crippen LogP contribution in [0.15, 0.2) is 42.5 Å². The van der Waals surface area contributed by atoms with Gasteiger partial charge in [-0.05, 0) is 53.6 Å². The molecule has 0 saturated carbocycles. The van der Waals surface area contributed by atoms with Crippen molar-refractivity contribution in [2.24, 2.45) is 5.73 Å². The van der Waals surface area contributed by atoms with Crippen LogP contribution < -0.4 is 5.73 Å². The first-order valence-electron chi connectivity index (χ1n) is 7.14. The summed E-state index contributed by atoms with van der Waals surface area (Å²) in [5.41, 5.74) is 11.1. The zero-order chi connectivity index (χ0) is 14.7. The van der Waals surface area contributed by atoms with E-state index in [-0.39, 0.29) is 6.04 Å². The average molecular weight is 288 g/mol. The molecule has 0 amide bonds. The third-order valence-corrected chi connectivity index (χ3v) is 4.29. The van der Waals surface area contributed by atoms with Crippen molar-refractivity contribution in [2.75, 3.05) is 0 Å². The Hall–Kier alpha value is -1.31. The molecule has 0 fully saturated rings. The van der Waals surface area contributed by atoms with E-state index in [1.54, 1.807) is 0 Å². The van der Waals surface area contributed by atoms with Crippen molar-refractivity contribution < 1.29 is 0 Å². The second-order valence-corrected chi connectivity index (χ2v) is 5.89. The number of halogens is 1. The molecule has 2 heteroatoms. The maximum atomic E-state index is 6.39. The van der Waals surface area contributed by atoms with E-state index in [2.05, 4.69) is 45.0 Å². The van der Waals surface area contributed by atoms with Crippen molar-refractivity contribution in [1.29, 1.82) is 0 Å². The lowest BCUT2D eigenvalue weighted by molar-refractivity contribution is 0.732. The highest BCUT2D eigenvalue weighted by Crippen LogP contribution is 2.27. The molecule has 2 unspecified atom stereocenters. The normalized spacial score (nSPS) is 14.1. The zero-order valence-corrected chi connectivity index (χ0v) is 13.1. The lowest BCUT2D eigenvalue weighted by Gasteiger charge is -2.17. The third-order valence-electron chi connectivity index (χ3n) is 4.05. The van der Waals surface area contributed by atoms with Gasteiger partial charge in [0.25, 0.3) is 0 Å². The van der Waals surface area contributed by atoms with Crippen LogP contribution >= 0.6 is 11.6 Å². The Labute approximate surface area is 126 Å². The molecule has 2 N–H and O–H groups in total. The number of benzene rings is 2. The quantitative estimate of drug-likeness (QED) is 0.821. The summed E-state index contributed by atoms with van der Waals surface area (Å²) in [4.78, 5) is 0. The van der Waals surface area contributed by atoms with Crippen LogP contribution in [0.3, 0.4) is 0 Å². The van der Waals surface area contributed by atoms with E-state index in [0.717, 1.165) is 22.6 Å². The van der Waals surface area contributed by atoms with Gasteiger partial charge in [0.15, 0.2) is 0 Å². The number of hydrogen-bond donors (Lipinski definition) is 1. The maximum Gasteiger partial charge on any atom is 0.0554 e. The number of aryl methyl sites for hydroxylation is 1. The van der Waals surface area contributed by atoms with Gasteiger partial charge in [0.1, 0.15) is 0 Å². The Morgan fingerprint density at radius 1 is 1.05 bits per heavy atom. The summed E-state index contributed by atoms with van der Waals surface area (Å²) in [6, 6.07) is 14.4. The van der Waals surface area contributed by atoms with E-state index in [9.17, 15) is 0 Å². The molecule has 0 heterocycles. The molecule has 0 aromatic heterocycles. The van der Waals surface area contributed by atoms with Gasteiger partial charge in [-0.2, -0.15) is 0 Å². The Kier molecular flexibility index (Phi) is 4.85. The first-order valence-corrected chi connectivity index (χ1v) is 7.52. The number of hydrogen-bond acceptors (Lipinski definition) is 1. The Bertz CT molecular complexity index is 574. The van der Waals surface area contributed by atoms with Gasteiger partial charge < -0.3 is 5.73 Å². The summed E-state index contributed by atoms with van der Waals surface area (Å²) in [5.74, 6) is 0.591. The summed E-state index contributed by atoms with van der Waals surface area (Å²) in [5, 5.41) is 0.734. The molecule has 1 nitrogen and oxygen atoms in total. The van der Waals surface area contributed by atoms with Crippen molar-refractivity contribution in [3.05, 3.63) is 69.7 Å². The Balaban J connectivity index is 2.29. The molecule has 2 aromatic carbocycles. The minimum atomic E-state index is -0.125. The van der Waals surface area contributed by atoms with Gasteiger partial charge in [-0.3, -0.25) is 0 Å². The van der Waals surface area contributed by atoms with Crippen LogP contribution in [0.25, 0.3) is 0 Å². The molecule has 0 aliphatic heterocycles. The molecule has 2 rings (SSSR count). The predicted octanol–water partition coefficient (Wildman–Crippen LogP) is 5.21. The van der Waals surface area contributed by atoms with Crippen molar-refractivity contribution in [1.82, 2.24) is 0 Å². The van der Waals surface area contributed by atoms with E-state index in [1.165, 1.54) is 11.1 Å². The molecular formula is C18H22ClN. The van der Waals surface area contributed by atoms with E-state index in [0.29, 0.717) is 5.92 Å². The van der Waals surface area contributed by atoms with Gasteiger partial charge in [-0.1, -0.05) is 55.8 Å². The van der Waals surface area contributed by atoms with Crippen LogP contribution in [0.5, 0.6) is 0 Å². The maximum absolute atomic E-state index is 6.39. The van der Waals surface area contributed by atoms with Gasteiger partial charge in [0, 0.05) is 5.02 Å². The second-order valence-electron chi connectivity index (χ2n) is 5.45. The highest BCUT2D eigenvalue weighted by Gasteiger charge is 2.12. The third kappa shape index (κ3) is 3.23. The van der Waals surface area contributed by atoms with Gasteiger partial charge in [-0.25, -0.2) is 0 Å². The molecule has 0 spiro atoms. The number of nitrogens with two attached hydrogens (primary N) is 1. The van der Waals surface area contributed by atoms with E-state index in [1.807, 2.05) is 18.2 Å². The number of rotatable bonds is 4. The summed E-state index contributed by atoms with van der Waals surface area (Å²) in [6.45, 7) is 6.52. The molecular weight excluding hydrogens is 266 g/mol. The standard InChI is InChI=1S/C18H22ClN/c1-4-12(2)14-6-8-15(9-7-14)18(20)17-11-16(19)10-5-13(17)3/h5-12,18H,4,20H2,1-3H3. The van der Waals surface area contributed by atoms with E-state index < -0.39 is 0 Å².